The summed E-state index contributed by atoms with van der Waals surface area (Å²) in [7, 11) is 0. The first-order valence-electron chi connectivity index (χ1n) is 9.38. The number of benzene rings is 2. The summed E-state index contributed by atoms with van der Waals surface area (Å²) in [6, 6.07) is 16.6. The van der Waals surface area contributed by atoms with Crippen molar-refractivity contribution in [3.63, 3.8) is 0 Å². The number of amides is 2. The number of aliphatic hydroxyl groups is 1. The third-order valence-corrected chi connectivity index (χ3v) is 6.41. The highest BCUT2D eigenvalue weighted by molar-refractivity contribution is 6.21. The highest BCUT2D eigenvalue weighted by Crippen LogP contribution is 2.65. The predicted octanol–water partition coefficient (Wildman–Crippen LogP) is 2.64. The predicted molar refractivity (Wildman–Crippen MR) is 98.0 cm³/mol. The quantitative estimate of drug-likeness (QED) is 0.830. The molecule has 0 unspecified atom stereocenters. The Morgan fingerprint density at radius 3 is 2.26 bits per heavy atom. The average Bonchev–Trinajstić information content (AvgIpc) is 3.29. The van der Waals surface area contributed by atoms with Gasteiger partial charge in [-0.2, -0.15) is 0 Å². The van der Waals surface area contributed by atoms with Crippen LogP contribution in [0.4, 0.5) is 0 Å². The smallest absolute Gasteiger partial charge is 0.261 e. The van der Waals surface area contributed by atoms with E-state index in [2.05, 4.69) is 0 Å². The Balaban J connectivity index is 1.29. The van der Waals surface area contributed by atoms with Crippen LogP contribution < -0.4 is 0 Å². The molecule has 0 bridgehead atoms. The molecule has 5 nitrogen and oxygen atoms in total. The first-order chi connectivity index (χ1) is 13.1. The number of carbonyl (C=O) groups excluding carboxylic acids is 2. The lowest BCUT2D eigenvalue weighted by Gasteiger charge is -2.23. The molecule has 138 valence electrons. The van der Waals surface area contributed by atoms with Crippen molar-refractivity contribution in [1.82, 2.24) is 4.90 Å². The van der Waals surface area contributed by atoms with Crippen molar-refractivity contribution in [3.05, 3.63) is 71.3 Å². The number of ether oxygens (including phenoxy) is 1. The van der Waals surface area contributed by atoms with E-state index in [9.17, 15) is 14.7 Å². The minimum atomic E-state index is -0.549. The lowest BCUT2D eigenvalue weighted by Crippen LogP contribution is -2.40. The highest BCUT2D eigenvalue weighted by atomic mass is 16.5. The molecule has 2 fully saturated rings. The van der Waals surface area contributed by atoms with E-state index in [1.165, 1.54) is 4.90 Å². The van der Waals surface area contributed by atoms with Gasteiger partial charge in [0.1, 0.15) is 0 Å². The van der Waals surface area contributed by atoms with Gasteiger partial charge in [-0.05, 0) is 36.5 Å². The number of fused-ring (bicyclic) bond motifs is 2. The maximum absolute atomic E-state index is 12.8. The average molecular weight is 363 g/mol. The summed E-state index contributed by atoms with van der Waals surface area (Å²) in [6.07, 6.45) is 0.680. The van der Waals surface area contributed by atoms with E-state index < -0.39 is 6.10 Å². The van der Waals surface area contributed by atoms with E-state index in [4.69, 9.17) is 4.74 Å². The standard InChI is InChI=1S/C22H21NO4/c24-19-10-18(23-20(25)15-8-4-5-9-16(15)21(23)26)17-11-22(17,19)13-27-12-14-6-2-1-3-7-14/h1-9,17-19,24H,10-13H2/t17-,18+,19+,22+/m1/s1. The van der Waals surface area contributed by atoms with Crippen LogP contribution in [0, 0.1) is 11.3 Å². The molecule has 2 aliphatic carbocycles. The van der Waals surface area contributed by atoms with Crippen molar-refractivity contribution >= 4 is 11.8 Å². The Hall–Kier alpha value is -2.50. The van der Waals surface area contributed by atoms with Crippen LogP contribution in [-0.2, 0) is 11.3 Å². The SMILES string of the molecule is O=C1c2ccccc2C(=O)N1[C@H]1C[C@H](O)[C@]2(COCc3ccccc3)C[C@H]12. The van der Waals surface area contributed by atoms with Crippen LogP contribution in [0.3, 0.4) is 0 Å². The fourth-order valence-corrected chi connectivity index (χ4v) is 4.87. The van der Waals surface area contributed by atoms with Gasteiger partial charge in [-0.25, -0.2) is 0 Å². The second kappa shape index (κ2) is 6.01. The molecule has 2 saturated carbocycles. The Kier molecular flexibility index (Phi) is 3.71. The van der Waals surface area contributed by atoms with Gasteiger partial charge < -0.3 is 9.84 Å². The Morgan fingerprint density at radius 1 is 1.00 bits per heavy atom. The minimum Gasteiger partial charge on any atom is -0.392 e. The zero-order valence-electron chi connectivity index (χ0n) is 14.9. The Bertz CT molecular complexity index is 877. The van der Waals surface area contributed by atoms with Gasteiger partial charge in [0.25, 0.3) is 11.8 Å². The molecule has 2 aromatic rings. The Labute approximate surface area is 157 Å². The lowest BCUT2D eigenvalue weighted by molar-refractivity contribution is 0.0131. The third-order valence-electron chi connectivity index (χ3n) is 6.41. The molecule has 4 atom stereocenters. The number of aliphatic hydroxyl groups excluding tert-OH is 1. The van der Waals surface area contributed by atoms with Gasteiger partial charge in [-0.1, -0.05) is 42.5 Å². The number of rotatable bonds is 5. The van der Waals surface area contributed by atoms with Crippen LogP contribution >= 0.6 is 0 Å². The van der Waals surface area contributed by atoms with Gasteiger partial charge in [-0.3, -0.25) is 14.5 Å². The van der Waals surface area contributed by atoms with Gasteiger partial charge >= 0.3 is 0 Å². The lowest BCUT2D eigenvalue weighted by atomic mass is 10.0. The van der Waals surface area contributed by atoms with Gasteiger partial charge in [0.15, 0.2) is 0 Å². The summed E-state index contributed by atoms with van der Waals surface area (Å²) < 4.78 is 5.90. The largest absolute Gasteiger partial charge is 0.392 e. The highest BCUT2D eigenvalue weighted by Gasteiger charge is 2.69. The molecular formula is C22H21NO4. The topological polar surface area (TPSA) is 66.8 Å². The molecule has 5 rings (SSSR count). The summed E-state index contributed by atoms with van der Waals surface area (Å²) in [5, 5.41) is 10.7. The number of carbonyl (C=O) groups is 2. The summed E-state index contributed by atoms with van der Waals surface area (Å²) in [4.78, 5) is 26.9. The van der Waals surface area contributed by atoms with Gasteiger partial charge in [0.05, 0.1) is 30.4 Å². The van der Waals surface area contributed by atoms with Crippen LogP contribution in [0.2, 0.25) is 0 Å². The first kappa shape index (κ1) is 16.7. The molecule has 27 heavy (non-hydrogen) atoms. The van der Waals surface area contributed by atoms with E-state index in [1.807, 2.05) is 30.3 Å². The van der Waals surface area contributed by atoms with E-state index in [0.717, 1.165) is 12.0 Å². The summed E-state index contributed by atoms with van der Waals surface area (Å²) in [6.45, 7) is 0.951. The number of hydrogen-bond donors (Lipinski definition) is 1. The van der Waals surface area contributed by atoms with Gasteiger partial charge in [0.2, 0.25) is 0 Å². The minimum absolute atomic E-state index is 0.116. The van der Waals surface area contributed by atoms with Crippen molar-refractivity contribution in [1.29, 1.82) is 0 Å². The number of imide groups is 1. The maximum atomic E-state index is 12.8. The van der Waals surface area contributed by atoms with E-state index in [-0.39, 0.29) is 29.2 Å². The normalized spacial score (nSPS) is 31.1. The molecule has 2 aromatic carbocycles. The number of hydrogen-bond acceptors (Lipinski definition) is 4. The maximum Gasteiger partial charge on any atom is 0.261 e. The number of nitrogens with zero attached hydrogens (tertiary/aromatic N) is 1. The fraction of sp³-hybridized carbons (Fsp3) is 0.364. The summed E-state index contributed by atoms with van der Waals surface area (Å²) in [5.74, 6) is -0.355. The molecular weight excluding hydrogens is 342 g/mol. The van der Waals surface area contributed by atoms with Crippen molar-refractivity contribution in [3.8, 4) is 0 Å². The molecule has 1 aliphatic heterocycles. The summed E-state index contributed by atoms with van der Waals surface area (Å²) in [5.41, 5.74) is 1.70. The van der Waals surface area contributed by atoms with Crippen molar-refractivity contribution < 1.29 is 19.4 Å². The van der Waals surface area contributed by atoms with Crippen LogP contribution in [-0.4, -0.2) is 40.6 Å². The molecule has 2 amide bonds. The molecule has 0 spiro atoms. The summed E-state index contributed by atoms with van der Waals surface area (Å²) >= 11 is 0. The van der Waals surface area contributed by atoms with Gasteiger partial charge in [0, 0.05) is 11.5 Å². The molecule has 1 heterocycles. The fourth-order valence-electron chi connectivity index (χ4n) is 4.87. The second-order valence-electron chi connectivity index (χ2n) is 7.87. The van der Waals surface area contributed by atoms with Gasteiger partial charge in [-0.15, -0.1) is 0 Å². The van der Waals surface area contributed by atoms with Crippen LogP contribution in [0.1, 0.15) is 39.1 Å². The molecule has 0 radical (unpaired) electrons. The van der Waals surface area contributed by atoms with Crippen molar-refractivity contribution in [2.24, 2.45) is 11.3 Å². The third kappa shape index (κ3) is 2.46. The van der Waals surface area contributed by atoms with Crippen molar-refractivity contribution in [2.45, 2.75) is 31.6 Å². The van der Waals surface area contributed by atoms with E-state index in [0.29, 0.717) is 30.8 Å². The monoisotopic (exact) mass is 363 g/mol. The molecule has 0 saturated heterocycles. The van der Waals surface area contributed by atoms with Crippen molar-refractivity contribution in [2.75, 3.05) is 6.61 Å². The second-order valence-corrected chi connectivity index (χ2v) is 7.87. The molecule has 0 aromatic heterocycles. The van der Waals surface area contributed by atoms with Crippen LogP contribution in [0.25, 0.3) is 0 Å². The van der Waals surface area contributed by atoms with E-state index >= 15 is 0 Å². The Morgan fingerprint density at radius 2 is 1.63 bits per heavy atom. The van der Waals surface area contributed by atoms with Crippen LogP contribution in [0.5, 0.6) is 0 Å². The first-order valence-corrected chi connectivity index (χ1v) is 9.38. The molecule has 1 N–H and O–H groups in total. The van der Waals surface area contributed by atoms with E-state index in [1.54, 1.807) is 24.3 Å². The van der Waals surface area contributed by atoms with Crippen LogP contribution in [0.15, 0.2) is 54.6 Å². The molecule has 5 heteroatoms. The zero-order valence-corrected chi connectivity index (χ0v) is 14.9. The zero-order chi connectivity index (χ0) is 18.6. The molecule has 3 aliphatic rings.